The molecule has 0 amide bonds. The first-order chi connectivity index (χ1) is 7.18. The summed E-state index contributed by atoms with van der Waals surface area (Å²) < 4.78 is 13.1. The number of hydrogen-bond acceptors (Lipinski definition) is 4. The maximum Gasteiger partial charge on any atom is 0.143 e. The molecule has 4 nitrogen and oxygen atoms in total. The van der Waals surface area contributed by atoms with Crippen molar-refractivity contribution in [3.63, 3.8) is 0 Å². The minimum Gasteiger partial charge on any atom is -0.505 e. The van der Waals surface area contributed by atoms with E-state index in [9.17, 15) is 9.50 Å². The Bertz CT molecular complexity index is 364. The van der Waals surface area contributed by atoms with Crippen LogP contribution in [-0.2, 0) is 0 Å². The van der Waals surface area contributed by atoms with Crippen LogP contribution in [0.4, 0.5) is 10.1 Å². The molecule has 2 rings (SSSR count). The molecule has 1 aromatic rings. The van der Waals surface area contributed by atoms with Gasteiger partial charge in [-0.3, -0.25) is 0 Å². The van der Waals surface area contributed by atoms with Crippen molar-refractivity contribution in [2.24, 2.45) is 0 Å². The third-order valence-electron chi connectivity index (χ3n) is 2.55. The Labute approximate surface area is 87.3 Å². The topological polar surface area (TPSA) is 70.3 Å². The smallest absolute Gasteiger partial charge is 0.143 e. The first-order valence-corrected chi connectivity index (χ1v) is 4.90. The van der Waals surface area contributed by atoms with Crippen LogP contribution in [0.25, 0.3) is 0 Å². The van der Waals surface area contributed by atoms with Crippen molar-refractivity contribution in [2.45, 2.75) is 6.04 Å². The summed E-state index contributed by atoms with van der Waals surface area (Å²) in [6, 6.07) is 2.35. The first kappa shape index (κ1) is 10.2. The molecule has 0 aromatic heterocycles. The Morgan fingerprint density at radius 1 is 1.40 bits per heavy atom. The largest absolute Gasteiger partial charge is 0.505 e. The average Bonchev–Trinajstić information content (AvgIpc) is 2.24. The lowest BCUT2D eigenvalue weighted by molar-refractivity contribution is 0.403. The fourth-order valence-corrected chi connectivity index (χ4v) is 1.78. The summed E-state index contributed by atoms with van der Waals surface area (Å²) in [6.45, 7) is 2.33. The molecule has 0 saturated carbocycles. The second kappa shape index (κ2) is 4.04. The molecule has 5 N–H and O–H groups in total. The molecule has 0 aliphatic carbocycles. The van der Waals surface area contributed by atoms with Gasteiger partial charge in [-0.25, -0.2) is 4.39 Å². The van der Waals surface area contributed by atoms with Gasteiger partial charge in [0.25, 0.3) is 0 Å². The van der Waals surface area contributed by atoms with E-state index in [-0.39, 0.29) is 17.5 Å². The Hall–Kier alpha value is -1.33. The van der Waals surface area contributed by atoms with Crippen molar-refractivity contribution in [2.75, 3.05) is 25.4 Å². The zero-order valence-corrected chi connectivity index (χ0v) is 8.26. The maximum atomic E-state index is 13.1. The molecular weight excluding hydrogens is 197 g/mol. The van der Waals surface area contributed by atoms with Crippen LogP contribution in [-0.4, -0.2) is 24.7 Å². The highest BCUT2D eigenvalue weighted by Gasteiger charge is 2.19. The van der Waals surface area contributed by atoms with Gasteiger partial charge in [-0.2, -0.15) is 0 Å². The van der Waals surface area contributed by atoms with Crippen molar-refractivity contribution < 1.29 is 9.50 Å². The van der Waals surface area contributed by atoms with Gasteiger partial charge in [-0.15, -0.1) is 0 Å². The maximum absolute atomic E-state index is 13.1. The van der Waals surface area contributed by atoms with Crippen LogP contribution in [0, 0.1) is 5.82 Å². The summed E-state index contributed by atoms with van der Waals surface area (Å²) in [5, 5.41) is 16.1. The molecule has 1 saturated heterocycles. The highest BCUT2D eigenvalue weighted by atomic mass is 19.1. The molecule has 1 fully saturated rings. The lowest BCUT2D eigenvalue weighted by Crippen LogP contribution is -2.42. The van der Waals surface area contributed by atoms with Crippen LogP contribution in [0.3, 0.4) is 0 Å². The second-order valence-electron chi connectivity index (χ2n) is 3.64. The average molecular weight is 211 g/mol. The quantitative estimate of drug-likeness (QED) is 0.399. The summed E-state index contributed by atoms with van der Waals surface area (Å²) in [5.41, 5.74) is 6.08. The molecule has 0 radical (unpaired) electrons. The number of hydrogen-bond donors (Lipinski definition) is 4. The van der Waals surface area contributed by atoms with E-state index < -0.39 is 5.82 Å². The minimum atomic E-state index is -0.423. The highest BCUT2D eigenvalue weighted by molar-refractivity contribution is 5.57. The Kier molecular flexibility index (Phi) is 2.75. The van der Waals surface area contributed by atoms with E-state index in [1.54, 1.807) is 0 Å². The Morgan fingerprint density at radius 3 is 2.87 bits per heavy atom. The van der Waals surface area contributed by atoms with Gasteiger partial charge in [-0.05, 0) is 6.07 Å². The monoisotopic (exact) mass is 211 g/mol. The molecule has 0 spiro atoms. The van der Waals surface area contributed by atoms with Crippen LogP contribution < -0.4 is 16.4 Å². The predicted octanol–water partition coefficient (Wildman–Crippen LogP) is 0.347. The Morgan fingerprint density at radius 2 is 2.20 bits per heavy atom. The van der Waals surface area contributed by atoms with Gasteiger partial charge < -0.3 is 21.5 Å². The number of aromatic hydroxyl groups is 1. The van der Waals surface area contributed by atoms with Crippen molar-refractivity contribution in [3.8, 4) is 5.75 Å². The third kappa shape index (κ3) is 2.03. The van der Waals surface area contributed by atoms with Gasteiger partial charge in [0.15, 0.2) is 0 Å². The standard InChI is InChI=1S/C10H14FN3O/c11-6-3-7(10(15)8(12)4-6)9-5-13-1-2-14-9/h3-4,9,13-15H,1-2,5,12H2/t9-/m1/s1. The van der Waals surface area contributed by atoms with Crippen molar-refractivity contribution in [3.05, 3.63) is 23.5 Å². The van der Waals surface area contributed by atoms with E-state index in [4.69, 9.17) is 5.73 Å². The second-order valence-corrected chi connectivity index (χ2v) is 3.64. The van der Waals surface area contributed by atoms with Crippen LogP contribution in [0.2, 0.25) is 0 Å². The van der Waals surface area contributed by atoms with Crippen LogP contribution >= 0.6 is 0 Å². The number of nitrogen functional groups attached to an aromatic ring is 1. The zero-order valence-electron chi connectivity index (χ0n) is 8.26. The molecule has 1 atom stereocenters. The summed E-state index contributed by atoms with van der Waals surface area (Å²) in [5.74, 6) is -0.453. The number of nitrogens with two attached hydrogens (primary N) is 1. The number of nitrogens with one attached hydrogen (secondary N) is 2. The zero-order chi connectivity index (χ0) is 10.8. The number of halogens is 1. The van der Waals surface area contributed by atoms with E-state index in [0.717, 1.165) is 19.2 Å². The summed E-state index contributed by atoms with van der Waals surface area (Å²) in [7, 11) is 0. The van der Waals surface area contributed by atoms with Crippen molar-refractivity contribution >= 4 is 5.69 Å². The van der Waals surface area contributed by atoms with Crippen LogP contribution in [0.1, 0.15) is 11.6 Å². The fraction of sp³-hybridized carbons (Fsp3) is 0.400. The molecule has 1 aliphatic rings. The Balaban J connectivity index is 2.33. The fourth-order valence-electron chi connectivity index (χ4n) is 1.78. The number of benzene rings is 1. The number of phenols is 1. The predicted molar refractivity (Wildman–Crippen MR) is 56.1 cm³/mol. The van der Waals surface area contributed by atoms with Crippen LogP contribution in [0.15, 0.2) is 12.1 Å². The molecule has 0 unspecified atom stereocenters. The van der Waals surface area contributed by atoms with E-state index >= 15 is 0 Å². The van der Waals surface area contributed by atoms with Crippen molar-refractivity contribution in [1.29, 1.82) is 0 Å². The molecule has 1 aromatic carbocycles. The lowest BCUT2D eigenvalue weighted by Gasteiger charge is -2.25. The number of phenolic OH excluding ortho intramolecular Hbond substituents is 1. The van der Waals surface area contributed by atoms with Crippen LogP contribution in [0.5, 0.6) is 5.75 Å². The molecular formula is C10H14FN3O. The van der Waals surface area contributed by atoms with E-state index in [2.05, 4.69) is 10.6 Å². The van der Waals surface area contributed by atoms with E-state index in [1.807, 2.05) is 0 Å². The van der Waals surface area contributed by atoms with Gasteiger partial charge >= 0.3 is 0 Å². The van der Waals surface area contributed by atoms with E-state index in [1.165, 1.54) is 6.07 Å². The lowest BCUT2D eigenvalue weighted by atomic mass is 10.0. The van der Waals surface area contributed by atoms with Gasteiger partial charge in [0.2, 0.25) is 0 Å². The number of piperazine rings is 1. The molecule has 15 heavy (non-hydrogen) atoms. The van der Waals surface area contributed by atoms with Gasteiger partial charge in [-0.1, -0.05) is 0 Å². The normalized spacial score (nSPS) is 21.5. The number of anilines is 1. The SMILES string of the molecule is Nc1cc(F)cc([C@H]2CNCCN2)c1O. The van der Waals surface area contributed by atoms with Gasteiger partial charge in [0.05, 0.1) is 5.69 Å². The minimum absolute atomic E-state index is 0.0300. The number of rotatable bonds is 1. The van der Waals surface area contributed by atoms with Gasteiger partial charge in [0, 0.05) is 37.3 Å². The summed E-state index contributed by atoms with van der Waals surface area (Å²) in [4.78, 5) is 0. The highest BCUT2D eigenvalue weighted by Crippen LogP contribution is 2.31. The molecule has 82 valence electrons. The molecule has 1 aliphatic heterocycles. The van der Waals surface area contributed by atoms with Gasteiger partial charge in [0.1, 0.15) is 11.6 Å². The molecule has 0 bridgehead atoms. The summed E-state index contributed by atoms with van der Waals surface area (Å²) >= 11 is 0. The first-order valence-electron chi connectivity index (χ1n) is 4.90. The van der Waals surface area contributed by atoms with E-state index in [0.29, 0.717) is 12.1 Å². The van der Waals surface area contributed by atoms with Crippen molar-refractivity contribution in [1.82, 2.24) is 10.6 Å². The third-order valence-corrected chi connectivity index (χ3v) is 2.55. The molecule has 5 heteroatoms. The molecule has 1 heterocycles. The summed E-state index contributed by atoms with van der Waals surface area (Å²) in [6.07, 6.45) is 0.